The molecule has 0 atom stereocenters. The van der Waals surface area contributed by atoms with E-state index in [0.29, 0.717) is 0 Å². The lowest BCUT2D eigenvalue weighted by atomic mass is 10.1. The van der Waals surface area contributed by atoms with Gasteiger partial charge in [-0.1, -0.05) is 64.0 Å². The first kappa shape index (κ1) is 24.6. The second-order valence-corrected chi connectivity index (χ2v) is 7.36. The van der Waals surface area contributed by atoms with Crippen molar-refractivity contribution < 1.29 is 0 Å². The van der Waals surface area contributed by atoms with Crippen molar-refractivity contribution >= 4 is 0 Å². The van der Waals surface area contributed by atoms with Crippen molar-refractivity contribution in [1.29, 1.82) is 0 Å². The van der Waals surface area contributed by atoms with Gasteiger partial charge in [0, 0.05) is 0 Å². The lowest BCUT2D eigenvalue weighted by Crippen LogP contribution is -2.29. The van der Waals surface area contributed by atoms with E-state index in [4.69, 9.17) is 11.5 Å². The zero-order valence-corrected chi connectivity index (χ0v) is 17.2. The van der Waals surface area contributed by atoms with Gasteiger partial charge >= 0.3 is 0 Å². The largest absolute Gasteiger partial charge is 0.330 e. The molecule has 0 heterocycles. The molecular weight excluding hydrogens is 306 g/mol. The SMILES string of the molecule is CCCCC/C=C/CCCCCCCCCN(CCCN)CCCN. The monoisotopic (exact) mass is 353 g/mol. The van der Waals surface area contributed by atoms with Gasteiger partial charge in [0.15, 0.2) is 0 Å². The lowest BCUT2D eigenvalue weighted by molar-refractivity contribution is 0.263. The molecule has 0 fully saturated rings. The number of hydrogen-bond donors (Lipinski definition) is 2. The highest BCUT2D eigenvalue weighted by Crippen LogP contribution is 2.10. The summed E-state index contributed by atoms with van der Waals surface area (Å²) in [4.78, 5) is 2.55. The molecule has 3 nitrogen and oxygen atoms in total. The molecule has 4 N–H and O–H groups in total. The minimum absolute atomic E-state index is 0.799. The van der Waals surface area contributed by atoms with E-state index in [-0.39, 0.29) is 0 Å². The summed E-state index contributed by atoms with van der Waals surface area (Å²) in [6.45, 7) is 7.37. The smallest absolute Gasteiger partial charge is 0.000671 e. The van der Waals surface area contributed by atoms with Crippen molar-refractivity contribution in [2.24, 2.45) is 11.5 Å². The van der Waals surface area contributed by atoms with Gasteiger partial charge < -0.3 is 16.4 Å². The van der Waals surface area contributed by atoms with Gasteiger partial charge in [-0.05, 0) is 77.7 Å². The summed E-state index contributed by atoms with van der Waals surface area (Å²) in [7, 11) is 0. The van der Waals surface area contributed by atoms with Crippen molar-refractivity contribution in [2.45, 2.75) is 96.8 Å². The number of nitrogens with zero attached hydrogens (tertiary/aromatic N) is 1. The van der Waals surface area contributed by atoms with E-state index in [1.807, 2.05) is 0 Å². The Bertz CT molecular complexity index is 258. The van der Waals surface area contributed by atoms with Crippen LogP contribution in [0.4, 0.5) is 0 Å². The lowest BCUT2D eigenvalue weighted by Gasteiger charge is -2.21. The first-order chi connectivity index (χ1) is 12.3. The van der Waals surface area contributed by atoms with Crippen LogP contribution in [-0.4, -0.2) is 37.6 Å². The summed E-state index contributed by atoms with van der Waals surface area (Å²) in [6, 6.07) is 0. The second kappa shape index (κ2) is 21.7. The van der Waals surface area contributed by atoms with Crippen molar-refractivity contribution in [3.63, 3.8) is 0 Å². The van der Waals surface area contributed by atoms with Crippen LogP contribution in [0, 0.1) is 0 Å². The van der Waals surface area contributed by atoms with E-state index < -0.39 is 0 Å². The van der Waals surface area contributed by atoms with Crippen molar-refractivity contribution in [3.8, 4) is 0 Å². The third-order valence-corrected chi connectivity index (χ3v) is 4.84. The van der Waals surface area contributed by atoms with Gasteiger partial charge in [0.2, 0.25) is 0 Å². The maximum atomic E-state index is 5.63. The van der Waals surface area contributed by atoms with Crippen LogP contribution in [0.15, 0.2) is 12.2 Å². The molecule has 0 aromatic rings. The van der Waals surface area contributed by atoms with E-state index in [0.717, 1.165) is 39.0 Å². The van der Waals surface area contributed by atoms with Gasteiger partial charge in [0.05, 0.1) is 0 Å². The quantitative estimate of drug-likeness (QED) is 0.232. The van der Waals surface area contributed by atoms with E-state index in [2.05, 4.69) is 24.0 Å². The number of unbranched alkanes of at least 4 members (excludes halogenated alkanes) is 10. The van der Waals surface area contributed by atoms with Crippen molar-refractivity contribution in [2.75, 3.05) is 32.7 Å². The summed E-state index contributed by atoms with van der Waals surface area (Å²) in [5.41, 5.74) is 11.3. The predicted octanol–water partition coefficient (Wildman–Crippen LogP) is 5.24. The fourth-order valence-electron chi connectivity index (χ4n) is 3.19. The van der Waals surface area contributed by atoms with Gasteiger partial charge in [-0.2, -0.15) is 0 Å². The minimum Gasteiger partial charge on any atom is -0.330 e. The van der Waals surface area contributed by atoms with Gasteiger partial charge in [0.25, 0.3) is 0 Å². The Balaban J connectivity index is 3.35. The molecule has 3 heteroatoms. The standard InChI is InChI=1S/C22H47N3/c1-2-3-4-5-6-7-8-9-10-11-12-13-14-15-20-25(21-16-18-23)22-17-19-24/h6-7H,2-5,8-24H2,1H3/b7-6+. The molecule has 0 aromatic heterocycles. The highest BCUT2D eigenvalue weighted by Gasteiger charge is 2.03. The van der Waals surface area contributed by atoms with Crippen molar-refractivity contribution in [1.82, 2.24) is 4.90 Å². The molecule has 0 unspecified atom stereocenters. The minimum atomic E-state index is 0.799. The third kappa shape index (κ3) is 19.8. The van der Waals surface area contributed by atoms with Crippen LogP contribution < -0.4 is 11.5 Å². The Morgan fingerprint density at radius 3 is 1.52 bits per heavy atom. The second-order valence-electron chi connectivity index (χ2n) is 7.36. The molecule has 0 aliphatic rings. The Labute approximate surface area is 158 Å². The van der Waals surface area contributed by atoms with Crippen LogP contribution >= 0.6 is 0 Å². The molecule has 0 saturated heterocycles. The average Bonchev–Trinajstić information content (AvgIpc) is 2.63. The van der Waals surface area contributed by atoms with Crippen LogP contribution in [0.1, 0.15) is 96.8 Å². The summed E-state index contributed by atoms with van der Waals surface area (Å²) in [5, 5.41) is 0. The molecule has 0 radical (unpaired) electrons. The van der Waals surface area contributed by atoms with Crippen LogP contribution in [0.5, 0.6) is 0 Å². The molecule has 0 rings (SSSR count). The molecule has 0 bridgehead atoms. The summed E-state index contributed by atoms with van der Waals surface area (Å²) < 4.78 is 0. The van der Waals surface area contributed by atoms with Crippen LogP contribution in [0.3, 0.4) is 0 Å². The molecule has 150 valence electrons. The Morgan fingerprint density at radius 1 is 0.560 bits per heavy atom. The van der Waals surface area contributed by atoms with Gasteiger partial charge in [-0.25, -0.2) is 0 Å². The normalized spacial score (nSPS) is 11.8. The molecule has 25 heavy (non-hydrogen) atoms. The number of rotatable bonds is 20. The molecule has 0 saturated carbocycles. The first-order valence-electron chi connectivity index (χ1n) is 11.1. The van der Waals surface area contributed by atoms with E-state index in [1.54, 1.807) is 0 Å². The van der Waals surface area contributed by atoms with Gasteiger partial charge in [0.1, 0.15) is 0 Å². The maximum Gasteiger partial charge on any atom is -0.000671 e. The van der Waals surface area contributed by atoms with Crippen molar-refractivity contribution in [3.05, 3.63) is 12.2 Å². The Kier molecular flexibility index (Phi) is 21.3. The van der Waals surface area contributed by atoms with Crippen LogP contribution in [-0.2, 0) is 0 Å². The number of nitrogens with two attached hydrogens (primary N) is 2. The molecule has 0 amide bonds. The molecular formula is C22H47N3. The highest BCUT2D eigenvalue weighted by atomic mass is 15.1. The van der Waals surface area contributed by atoms with Gasteiger partial charge in [-0.3, -0.25) is 0 Å². The summed E-state index contributed by atoms with van der Waals surface area (Å²) in [5.74, 6) is 0. The molecule has 0 aromatic carbocycles. The van der Waals surface area contributed by atoms with Crippen LogP contribution in [0.2, 0.25) is 0 Å². The molecule has 0 spiro atoms. The fourth-order valence-corrected chi connectivity index (χ4v) is 3.19. The molecule has 0 aliphatic heterocycles. The summed E-state index contributed by atoms with van der Waals surface area (Å²) >= 11 is 0. The third-order valence-electron chi connectivity index (χ3n) is 4.84. The fraction of sp³-hybridized carbons (Fsp3) is 0.909. The predicted molar refractivity (Wildman–Crippen MR) is 114 cm³/mol. The van der Waals surface area contributed by atoms with E-state index >= 15 is 0 Å². The summed E-state index contributed by atoms with van der Waals surface area (Å²) in [6.07, 6.45) is 23.3. The number of allylic oxidation sites excluding steroid dienone is 2. The topological polar surface area (TPSA) is 55.3 Å². The zero-order chi connectivity index (χ0) is 18.4. The van der Waals surface area contributed by atoms with Gasteiger partial charge in [-0.15, -0.1) is 0 Å². The first-order valence-corrected chi connectivity index (χ1v) is 11.1. The Hall–Kier alpha value is -0.380. The van der Waals surface area contributed by atoms with E-state index in [1.165, 1.54) is 83.6 Å². The van der Waals surface area contributed by atoms with Crippen LogP contribution in [0.25, 0.3) is 0 Å². The molecule has 0 aliphatic carbocycles. The van der Waals surface area contributed by atoms with E-state index in [9.17, 15) is 0 Å². The number of hydrogen-bond acceptors (Lipinski definition) is 3. The average molecular weight is 354 g/mol. The Morgan fingerprint density at radius 2 is 1.00 bits per heavy atom. The maximum absolute atomic E-state index is 5.63. The highest BCUT2D eigenvalue weighted by molar-refractivity contribution is 4.81. The zero-order valence-electron chi connectivity index (χ0n) is 17.2.